The number of methoxy groups -OCH3 is 1. The van der Waals surface area contributed by atoms with E-state index in [1.807, 2.05) is 42.2 Å². The fourth-order valence-corrected chi connectivity index (χ4v) is 6.00. The van der Waals surface area contributed by atoms with Gasteiger partial charge in [-0.2, -0.15) is 4.31 Å². The summed E-state index contributed by atoms with van der Waals surface area (Å²) in [7, 11) is -2.07. The van der Waals surface area contributed by atoms with E-state index in [2.05, 4.69) is 10.3 Å². The highest BCUT2D eigenvalue weighted by Gasteiger charge is 2.34. The van der Waals surface area contributed by atoms with Crippen LogP contribution in [0, 0.1) is 6.92 Å². The van der Waals surface area contributed by atoms with Gasteiger partial charge in [0.25, 0.3) is 5.91 Å². The van der Waals surface area contributed by atoms with Crippen molar-refractivity contribution in [2.75, 3.05) is 39.8 Å². The third-order valence-corrected chi connectivity index (χ3v) is 9.32. The van der Waals surface area contributed by atoms with Crippen molar-refractivity contribution in [3.63, 3.8) is 0 Å². The number of nitrogens with one attached hydrogen (secondary N) is 1. The van der Waals surface area contributed by atoms with E-state index in [-0.39, 0.29) is 25.5 Å². The first-order chi connectivity index (χ1) is 19.1. The molecule has 1 fully saturated rings. The molecule has 214 valence electrons. The highest BCUT2D eigenvalue weighted by molar-refractivity contribution is 7.89. The molecule has 4 rings (SSSR count). The van der Waals surface area contributed by atoms with Gasteiger partial charge in [0.15, 0.2) is 0 Å². The third kappa shape index (κ3) is 6.78. The number of hydrogen-bond donors (Lipinski definition) is 1. The summed E-state index contributed by atoms with van der Waals surface area (Å²) in [6, 6.07) is 16.0. The van der Waals surface area contributed by atoms with Crippen LogP contribution in [0.15, 0.2) is 54.6 Å². The molecule has 0 saturated carbocycles. The molecule has 2 aromatic carbocycles. The smallest absolute Gasteiger partial charge is 0.324 e. The molecule has 1 aliphatic rings. The summed E-state index contributed by atoms with van der Waals surface area (Å²) >= 11 is 0. The number of hydrogen-bond acceptors (Lipinski definition) is 8. The minimum atomic E-state index is -3.36. The largest absolute Gasteiger partial charge is 0.489 e. The van der Waals surface area contributed by atoms with E-state index in [4.69, 9.17) is 9.47 Å². The van der Waals surface area contributed by atoms with Gasteiger partial charge in [-0.3, -0.25) is 19.5 Å². The summed E-state index contributed by atoms with van der Waals surface area (Å²) in [6.45, 7) is 6.92. The zero-order valence-electron chi connectivity index (χ0n) is 23.3. The number of carbonyl (C=O) groups excluding carboxylic acids is 2. The predicted molar refractivity (Wildman–Crippen MR) is 153 cm³/mol. The van der Waals surface area contributed by atoms with Crippen molar-refractivity contribution >= 4 is 32.8 Å². The lowest BCUT2D eigenvalue weighted by Crippen LogP contribution is -2.57. The molecule has 0 radical (unpaired) electrons. The molecule has 1 unspecified atom stereocenters. The third-order valence-electron chi connectivity index (χ3n) is 7.04. The number of amides is 1. The second-order valence-corrected chi connectivity index (χ2v) is 12.5. The summed E-state index contributed by atoms with van der Waals surface area (Å²) in [6.07, 6.45) is 0. The Balaban J connectivity index is 1.34. The molecule has 0 aliphatic carbocycles. The molecule has 40 heavy (non-hydrogen) atoms. The maximum atomic E-state index is 12.9. The molecule has 1 saturated heterocycles. The van der Waals surface area contributed by atoms with Crippen LogP contribution in [0.3, 0.4) is 0 Å². The van der Waals surface area contributed by atoms with Crippen LogP contribution in [0.5, 0.6) is 5.75 Å². The van der Waals surface area contributed by atoms with Crippen LogP contribution >= 0.6 is 0 Å². The normalized spacial score (nSPS) is 15.6. The lowest BCUT2D eigenvalue weighted by Gasteiger charge is -2.38. The molecule has 3 aromatic rings. The molecular formula is C29H36N4O6S. The molecule has 1 N–H and O–H groups in total. The minimum Gasteiger partial charge on any atom is -0.489 e. The summed E-state index contributed by atoms with van der Waals surface area (Å²) in [5, 5.41) is 3.34. The van der Waals surface area contributed by atoms with Crippen molar-refractivity contribution in [3.8, 4) is 5.75 Å². The Hall–Kier alpha value is -3.54. The molecular weight excluding hydrogens is 532 g/mol. The number of aromatic nitrogens is 1. The van der Waals surface area contributed by atoms with Crippen LogP contribution in [-0.2, 0) is 26.2 Å². The number of fused-ring (bicyclic) bond motifs is 1. The van der Waals surface area contributed by atoms with Gasteiger partial charge in [0.1, 0.15) is 18.4 Å². The number of pyridine rings is 1. The maximum Gasteiger partial charge on any atom is 0.324 e. The van der Waals surface area contributed by atoms with Crippen molar-refractivity contribution in [1.82, 2.24) is 19.5 Å². The van der Waals surface area contributed by atoms with E-state index >= 15 is 0 Å². The fourth-order valence-electron chi connectivity index (χ4n) is 4.73. The number of esters is 1. The zero-order valence-corrected chi connectivity index (χ0v) is 24.1. The second-order valence-electron chi connectivity index (χ2n) is 10.0. The average molecular weight is 569 g/mol. The fraction of sp³-hybridized carbons (Fsp3) is 0.414. The number of rotatable bonds is 10. The topological polar surface area (TPSA) is 118 Å². The molecule has 1 aliphatic heterocycles. The first-order valence-corrected chi connectivity index (χ1v) is 14.8. The van der Waals surface area contributed by atoms with Gasteiger partial charge in [-0.25, -0.2) is 8.42 Å². The Bertz CT molecular complexity index is 1450. The van der Waals surface area contributed by atoms with Gasteiger partial charge in [0.05, 0.1) is 17.9 Å². The average Bonchev–Trinajstić information content (AvgIpc) is 2.96. The van der Waals surface area contributed by atoms with Crippen molar-refractivity contribution in [2.24, 2.45) is 0 Å². The first kappa shape index (κ1) is 29.4. The van der Waals surface area contributed by atoms with E-state index in [9.17, 15) is 18.0 Å². The van der Waals surface area contributed by atoms with Gasteiger partial charge in [-0.15, -0.1) is 0 Å². The van der Waals surface area contributed by atoms with Gasteiger partial charge >= 0.3 is 5.97 Å². The van der Waals surface area contributed by atoms with E-state index in [0.717, 1.165) is 22.2 Å². The van der Waals surface area contributed by atoms with Gasteiger partial charge in [0.2, 0.25) is 10.0 Å². The van der Waals surface area contributed by atoms with Gasteiger partial charge in [0, 0.05) is 54.9 Å². The highest BCUT2D eigenvalue weighted by atomic mass is 32.2. The van der Waals surface area contributed by atoms with Crippen LogP contribution < -0.4 is 10.1 Å². The number of para-hydroxylation sites is 1. The number of sulfonamides is 1. The summed E-state index contributed by atoms with van der Waals surface area (Å²) in [4.78, 5) is 31.8. The molecule has 1 aromatic heterocycles. The van der Waals surface area contributed by atoms with Crippen LogP contribution in [-0.4, -0.2) is 85.6 Å². The van der Waals surface area contributed by atoms with E-state index in [0.29, 0.717) is 31.0 Å². The van der Waals surface area contributed by atoms with Crippen molar-refractivity contribution in [1.29, 1.82) is 0 Å². The standard InChI is InChI=1S/C29H36N4O6S/c1-20(2)40(36,37)33-15-13-32(14-16-33)27(29(35)38-4)18-30-28(34)22-9-11-24(12-10-22)39-19-23-17-21(3)31-26-8-6-5-7-25(23)26/h5-12,17,20,27H,13-16,18-19H2,1-4H3,(H,30,34). The van der Waals surface area contributed by atoms with Crippen molar-refractivity contribution in [3.05, 3.63) is 71.4 Å². The van der Waals surface area contributed by atoms with Crippen LogP contribution in [0.25, 0.3) is 10.9 Å². The molecule has 0 spiro atoms. The highest BCUT2D eigenvalue weighted by Crippen LogP contribution is 2.21. The number of benzene rings is 2. The number of nitrogens with zero attached hydrogens (tertiary/aromatic N) is 3. The Morgan fingerprint density at radius 3 is 2.35 bits per heavy atom. The summed E-state index contributed by atoms with van der Waals surface area (Å²) in [5.41, 5.74) is 3.29. The lowest BCUT2D eigenvalue weighted by atomic mass is 10.1. The van der Waals surface area contributed by atoms with Crippen LogP contribution in [0.2, 0.25) is 0 Å². The van der Waals surface area contributed by atoms with Crippen LogP contribution in [0.1, 0.15) is 35.5 Å². The van der Waals surface area contributed by atoms with Gasteiger partial charge < -0.3 is 14.8 Å². The molecule has 2 heterocycles. The zero-order chi connectivity index (χ0) is 28.9. The second kappa shape index (κ2) is 12.8. The molecule has 10 nitrogen and oxygen atoms in total. The van der Waals surface area contributed by atoms with E-state index < -0.39 is 27.3 Å². The number of ether oxygens (including phenoxy) is 2. The van der Waals surface area contributed by atoms with Gasteiger partial charge in [-0.05, 0) is 57.2 Å². The molecule has 0 bridgehead atoms. The van der Waals surface area contributed by atoms with Crippen molar-refractivity contribution in [2.45, 2.75) is 38.7 Å². The van der Waals surface area contributed by atoms with Crippen LogP contribution in [0.4, 0.5) is 0 Å². The first-order valence-electron chi connectivity index (χ1n) is 13.3. The Morgan fingerprint density at radius 1 is 1.02 bits per heavy atom. The number of carbonyl (C=O) groups is 2. The summed E-state index contributed by atoms with van der Waals surface area (Å²) in [5.74, 6) is -0.197. The molecule has 1 amide bonds. The van der Waals surface area contributed by atoms with E-state index in [1.54, 1.807) is 38.1 Å². The monoisotopic (exact) mass is 568 g/mol. The molecule has 1 atom stereocenters. The molecule has 11 heteroatoms. The quantitative estimate of drug-likeness (QED) is 0.371. The number of aryl methyl sites for hydroxylation is 1. The van der Waals surface area contributed by atoms with Gasteiger partial charge in [-0.1, -0.05) is 18.2 Å². The predicted octanol–water partition coefficient (Wildman–Crippen LogP) is 2.75. The minimum absolute atomic E-state index is 0.0369. The number of piperazine rings is 1. The lowest BCUT2D eigenvalue weighted by molar-refractivity contribution is -0.147. The SMILES string of the molecule is COC(=O)C(CNC(=O)c1ccc(OCc2cc(C)nc3ccccc23)cc1)N1CCN(S(=O)(=O)C(C)C)CC1. The van der Waals surface area contributed by atoms with E-state index in [1.165, 1.54) is 11.4 Å². The Kier molecular flexibility index (Phi) is 9.39. The van der Waals surface area contributed by atoms with Crippen molar-refractivity contribution < 1.29 is 27.5 Å². The Morgan fingerprint density at radius 2 is 1.70 bits per heavy atom. The maximum absolute atomic E-state index is 12.9. The summed E-state index contributed by atoms with van der Waals surface area (Å²) < 4.78 is 37.3. The Labute approximate surface area is 235 Å².